The molecule has 0 spiro atoms. The molecule has 0 aromatic heterocycles. The maximum absolute atomic E-state index is 10.1. The van der Waals surface area contributed by atoms with Gasteiger partial charge in [0.15, 0.2) is 0 Å². The third-order valence-electron chi connectivity index (χ3n) is 1.01. The van der Waals surface area contributed by atoms with Crippen LogP contribution in [0.5, 0.6) is 0 Å². The number of rotatable bonds is 1. The Morgan fingerprint density at radius 2 is 1.64 bits per heavy atom. The molecule has 1 aromatic carbocycles. The smallest absolute Gasteiger partial charge is 0.545 e. The number of hydrogen-bond donors (Lipinski definition) is 0. The van der Waals surface area contributed by atoms with Gasteiger partial charge in [-0.15, -0.1) is 0 Å². The van der Waals surface area contributed by atoms with E-state index >= 15 is 0 Å². The fraction of sp³-hybridized carbons (Fsp3) is 0. The zero-order chi connectivity index (χ0) is 6.69. The topological polar surface area (TPSA) is 40.1 Å². The Labute approximate surface area is 87.9 Å². The van der Waals surface area contributed by atoms with Gasteiger partial charge in [0.25, 0.3) is 0 Å². The standard InChI is InChI=1S/C7H6O2.Al.Li/c8-7(9)6-4-2-1-3-5-6;;/h1-5H,(H,8,9);;/q;;+1/p-1. The molecular formula is C7H5AlLiO2. The normalized spacial score (nSPS) is 7.27. The van der Waals surface area contributed by atoms with Crippen LogP contribution in [0.2, 0.25) is 0 Å². The minimum absolute atomic E-state index is 0. The van der Waals surface area contributed by atoms with Crippen molar-refractivity contribution in [2.45, 2.75) is 0 Å². The van der Waals surface area contributed by atoms with Crippen molar-refractivity contribution in [3.05, 3.63) is 35.9 Å². The maximum Gasteiger partial charge on any atom is 1.00 e. The number of benzene rings is 1. The first-order chi connectivity index (χ1) is 4.30. The summed E-state index contributed by atoms with van der Waals surface area (Å²) in [5, 5.41) is 10.1. The van der Waals surface area contributed by atoms with Gasteiger partial charge in [0, 0.05) is 17.4 Å². The first-order valence-corrected chi connectivity index (χ1v) is 2.57. The molecule has 0 N–H and O–H groups in total. The summed E-state index contributed by atoms with van der Waals surface area (Å²) in [6.07, 6.45) is 0. The maximum atomic E-state index is 10.1. The van der Waals surface area contributed by atoms with E-state index in [2.05, 4.69) is 0 Å². The van der Waals surface area contributed by atoms with Crippen molar-refractivity contribution in [1.82, 2.24) is 0 Å². The van der Waals surface area contributed by atoms with Crippen molar-refractivity contribution in [2.75, 3.05) is 0 Å². The van der Waals surface area contributed by atoms with Gasteiger partial charge in [0.2, 0.25) is 0 Å². The van der Waals surface area contributed by atoms with E-state index in [-0.39, 0.29) is 41.8 Å². The summed E-state index contributed by atoms with van der Waals surface area (Å²) in [6, 6.07) is 8.06. The molecule has 1 aromatic rings. The second kappa shape index (κ2) is 6.53. The van der Waals surface area contributed by atoms with E-state index in [1.165, 1.54) is 12.1 Å². The summed E-state index contributed by atoms with van der Waals surface area (Å²) < 4.78 is 0. The van der Waals surface area contributed by atoms with E-state index in [4.69, 9.17) is 0 Å². The van der Waals surface area contributed by atoms with Gasteiger partial charge < -0.3 is 9.90 Å². The fourth-order valence-electron chi connectivity index (χ4n) is 0.574. The molecule has 2 nitrogen and oxygen atoms in total. The molecule has 0 amide bonds. The molecule has 0 heterocycles. The third-order valence-corrected chi connectivity index (χ3v) is 1.01. The van der Waals surface area contributed by atoms with Crippen LogP contribution in [0.15, 0.2) is 30.3 Å². The predicted molar refractivity (Wildman–Crippen MR) is 36.5 cm³/mol. The van der Waals surface area contributed by atoms with Gasteiger partial charge in [-0.2, -0.15) is 0 Å². The molecule has 0 saturated carbocycles. The summed E-state index contributed by atoms with van der Waals surface area (Å²) in [4.78, 5) is 10.1. The van der Waals surface area contributed by atoms with Crippen LogP contribution in [-0.2, 0) is 0 Å². The first-order valence-electron chi connectivity index (χ1n) is 2.57. The van der Waals surface area contributed by atoms with E-state index in [1.54, 1.807) is 18.2 Å². The summed E-state index contributed by atoms with van der Waals surface area (Å²) >= 11 is 0. The number of hydrogen-bond acceptors (Lipinski definition) is 2. The van der Waals surface area contributed by atoms with Crippen LogP contribution in [0, 0.1) is 0 Å². The fourth-order valence-corrected chi connectivity index (χ4v) is 0.574. The number of carbonyl (C=O) groups is 1. The Hall–Kier alpha value is -0.180. The average Bonchev–Trinajstić information content (AvgIpc) is 1.90. The van der Waals surface area contributed by atoms with Crippen LogP contribution in [0.25, 0.3) is 0 Å². The summed E-state index contributed by atoms with van der Waals surface area (Å²) in [6.45, 7) is 0. The molecule has 0 aliphatic heterocycles. The van der Waals surface area contributed by atoms with Crippen LogP contribution in [0.4, 0.5) is 0 Å². The Bertz CT molecular complexity index is 213. The Morgan fingerprint density at radius 1 is 1.18 bits per heavy atom. The van der Waals surface area contributed by atoms with Crippen molar-refractivity contribution < 1.29 is 28.8 Å². The average molecular weight is 155 g/mol. The van der Waals surface area contributed by atoms with Gasteiger partial charge in [-0.05, 0) is 5.56 Å². The van der Waals surface area contributed by atoms with Gasteiger partial charge in [-0.25, -0.2) is 0 Å². The molecule has 0 aliphatic rings. The molecule has 0 aliphatic carbocycles. The summed E-state index contributed by atoms with van der Waals surface area (Å²) in [5.74, 6) is -1.13. The molecule has 0 atom stereocenters. The van der Waals surface area contributed by atoms with Crippen molar-refractivity contribution in [1.29, 1.82) is 0 Å². The molecule has 49 valence electrons. The second-order valence-corrected chi connectivity index (χ2v) is 1.65. The van der Waals surface area contributed by atoms with Gasteiger partial charge in [-0.1, -0.05) is 30.3 Å². The van der Waals surface area contributed by atoms with Crippen molar-refractivity contribution in [2.24, 2.45) is 0 Å². The van der Waals surface area contributed by atoms with Gasteiger partial charge in [0.05, 0.1) is 5.97 Å². The van der Waals surface area contributed by atoms with Gasteiger partial charge in [0.1, 0.15) is 0 Å². The monoisotopic (exact) mass is 155 g/mol. The van der Waals surface area contributed by atoms with Gasteiger partial charge >= 0.3 is 18.9 Å². The van der Waals surface area contributed by atoms with E-state index in [0.29, 0.717) is 0 Å². The van der Waals surface area contributed by atoms with Crippen LogP contribution < -0.4 is 24.0 Å². The van der Waals surface area contributed by atoms with E-state index in [9.17, 15) is 9.90 Å². The van der Waals surface area contributed by atoms with E-state index < -0.39 is 5.97 Å². The van der Waals surface area contributed by atoms with Crippen LogP contribution in [-0.4, -0.2) is 23.3 Å². The Balaban J connectivity index is 0. The third kappa shape index (κ3) is 4.30. The molecule has 0 saturated heterocycles. The zero-order valence-corrected chi connectivity index (χ0v) is 7.44. The Kier molecular flexibility index (Phi) is 7.96. The summed E-state index contributed by atoms with van der Waals surface area (Å²) in [7, 11) is 0. The van der Waals surface area contributed by atoms with E-state index in [1.807, 2.05) is 0 Å². The molecule has 0 unspecified atom stereocenters. The molecule has 0 fully saturated rings. The van der Waals surface area contributed by atoms with Crippen LogP contribution >= 0.6 is 0 Å². The van der Waals surface area contributed by atoms with Crippen LogP contribution in [0.1, 0.15) is 10.4 Å². The first kappa shape index (κ1) is 13.4. The number of aromatic carboxylic acids is 1. The number of carboxylic acid groups (broad SMARTS) is 1. The van der Waals surface area contributed by atoms with Crippen LogP contribution in [0.3, 0.4) is 0 Å². The van der Waals surface area contributed by atoms with Crippen molar-refractivity contribution in [3.8, 4) is 0 Å². The predicted octanol–water partition coefficient (Wildman–Crippen LogP) is -3.33. The Morgan fingerprint density at radius 3 is 1.91 bits per heavy atom. The quantitative estimate of drug-likeness (QED) is 0.398. The van der Waals surface area contributed by atoms with Crippen molar-refractivity contribution >= 4 is 23.3 Å². The SMILES string of the molecule is O=C([O-])c1ccccc1.[Al].[Li+]. The largest absolute Gasteiger partial charge is 1.00 e. The number of carboxylic acids is 1. The van der Waals surface area contributed by atoms with Gasteiger partial charge in [-0.3, -0.25) is 0 Å². The minimum Gasteiger partial charge on any atom is -0.545 e. The minimum atomic E-state index is -1.13. The molecule has 1 rings (SSSR count). The molecule has 0 bridgehead atoms. The molecule has 3 radical (unpaired) electrons. The molecular weight excluding hydrogens is 150 g/mol. The number of carbonyl (C=O) groups excluding carboxylic acids is 1. The second-order valence-electron chi connectivity index (χ2n) is 1.65. The van der Waals surface area contributed by atoms with Crippen molar-refractivity contribution in [3.63, 3.8) is 0 Å². The summed E-state index contributed by atoms with van der Waals surface area (Å²) in [5.41, 5.74) is 0.220. The zero-order valence-electron chi connectivity index (χ0n) is 6.28. The molecule has 11 heavy (non-hydrogen) atoms. The molecule has 4 heteroatoms. The van der Waals surface area contributed by atoms with E-state index in [0.717, 1.165) is 0 Å².